The van der Waals surface area contributed by atoms with Gasteiger partial charge in [0.2, 0.25) is 5.91 Å². The van der Waals surface area contributed by atoms with Gasteiger partial charge in [-0.2, -0.15) is 0 Å². The number of carbonyl (C=O) groups excluding carboxylic acids is 1. The van der Waals surface area contributed by atoms with Crippen molar-refractivity contribution in [3.05, 3.63) is 35.9 Å². The second-order valence-corrected chi connectivity index (χ2v) is 5.77. The first-order valence-corrected chi connectivity index (χ1v) is 7.18. The summed E-state index contributed by atoms with van der Waals surface area (Å²) in [5.41, 5.74) is 1.24. The summed E-state index contributed by atoms with van der Waals surface area (Å²) < 4.78 is 0. The van der Waals surface area contributed by atoms with Gasteiger partial charge in [-0.15, -0.1) is 0 Å². The van der Waals surface area contributed by atoms with Crippen molar-refractivity contribution in [2.45, 2.75) is 50.5 Å². The third kappa shape index (κ3) is 2.29. The number of nitrogens with one attached hydrogen (secondary N) is 1. The lowest BCUT2D eigenvalue weighted by Crippen LogP contribution is -2.39. The largest absolute Gasteiger partial charge is 0.346 e. The molecule has 0 aliphatic heterocycles. The molecule has 0 atom stereocenters. The van der Waals surface area contributed by atoms with E-state index in [0.29, 0.717) is 0 Å². The van der Waals surface area contributed by atoms with E-state index in [9.17, 15) is 4.79 Å². The van der Waals surface area contributed by atoms with Crippen LogP contribution in [0.15, 0.2) is 30.3 Å². The van der Waals surface area contributed by atoms with Crippen LogP contribution in [0.4, 0.5) is 0 Å². The summed E-state index contributed by atoms with van der Waals surface area (Å²) in [5.74, 6) is 0.552. The summed E-state index contributed by atoms with van der Waals surface area (Å²) in [6, 6.07) is 10.4. The van der Waals surface area contributed by atoms with Crippen molar-refractivity contribution in [2.24, 2.45) is 5.92 Å². The second kappa shape index (κ2) is 4.75. The third-order valence-electron chi connectivity index (χ3n) is 4.41. The predicted molar refractivity (Wildman–Crippen MR) is 72.1 cm³/mol. The Balaban J connectivity index is 1.67. The minimum absolute atomic E-state index is 0.0320. The van der Waals surface area contributed by atoms with Crippen molar-refractivity contribution in [2.75, 3.05) is 0 Å². The van der Waals surface area contributed by atoms with Crippen molar-refractivity contribution < 1.29 is 4.79 Å². The Bertz CT molecular complexity index is 416. The van der Waals surface area contributed by atoms with Gasteiger partial charge >= 0.3 is 0 Å². The van der Waals surface area contributed by atoms with E-state index in [-0.39, 0.29) is 17.4 Å². The molecule has 0 heterocycles. The van der Waals surface area contributed by atoms with E-state index in [0.717, 1.165) is 25.7 Å². The quantitative estimate of drug-likeness (QED) is 0.866. The van der Waals surface area contributed by atoms with Gasteiger partial charge < -0.3 is 5.32 Å². The number of carbonyl (C=O) groups is 1. The van der Waals surface area contributed by atoms with Crippen LogP contribution in [0, 0.1) is 5.92 Å². The normalized spacial score (nSPS) is 22.4. The molecule has 0 aromatic heterocycles. The molecule has 1 amide bonds. The van der Waals surface area contributed by atoms with Gasteiger partial charge in [0.1, 0.15) is 0 Å². The molecule has 1 aromatic rings. The predicted octanol–water partition coefficient (Wildman–Crippen LogP) is 3.37. The summed E-state index contributed by atoms with van der Waals surface area (Å²) in [6.45, 7) is 0. The van der Waals surface area contributed by atoms with Crippen molar-refractivity contribution >= 4 is 5.91 Å². The molecule has 2 fully saturated rings. The maximum absolute atomic E-state index is 12.3. The van der Waals surface area contributed by atoms with Crippen LogP contribution in [-0.2, 0) is 10.3 Å². The molecule has 3 rings (SSSR count). The average molecular weight is 243 g/mol. The molecule has 2 saturated carbocycles. The fourth-order valence-corrected chi connectivity index (χ4v) is 3.07. The molecule has 18 heavy (non-hydrogen) atoms. The molecule has 0 bridgehead atoms. The van der Waals surface area contributed by atoms with Crippen LogP contribution in [0.1, 0.15) is 50.5 Å². The van der Waals surface area contributed by atoms with Gasteiger partial charge in [0.15, 0.2) is 0 Å². The molecule has 0 saturated heterocycles. The van der Waals surface area contributed by atoms with Crippen molar-refractivity contribution in [3.8, 4) is 0 Å². The molecule has 0 unspecified atom stereocenters. The lowest BCUT2D eigenvalue weighted by molar-refractivity contribution is -0.127. The molecule has 2 aliphatic rings. The number of hydrogen-bond donors (Lipinski definition) is 1. The van der Waals surface area contributed by atoms with E-state index in [2.05, 4.69) is 29.6 Å². The first-order valence-electron chi connectivity index (χ1n) is 7.18. The summed E-state index contributed by atoms with van der Waals surface area (Å²) in [6.07, 6.45) is 8.08. The highest BCUT2D eigenvalue weighted by atomic mass is 16.2. The fourth-order valence-electron chi connectivity index (χ4n) is 3.07. The third-order valence-corrected chi connectivity index (χ3v) is 4.41. The van der Waals surface area contributed by atoms with Crippen LogP contribution in [0.5, 0.6) is 0 Å². The van der Waals surface area contributed by atoms with E-state index >= 15 is 0 Å². The van der Waals surface area contributed by atoms with Gasteiger partial charge in [-0.3, -0.25) is 4.79 Å². The minimum Gasteiger partial charge on any atom is -0.346 e. The van der Waals surface area contributed by atoms with E-state index in [4.69, 9.17) is 0 Å². The van der Waals surface area contributed by atoms with Gasteiger partial charge in [0.05, 0.1) is 5.54 Å². The zero-order valence-corrected chi connectivity index (χ0v) is 10.8. The summed E-state index contributed by atoms with van der Waals surface area (Å²) in [5, 5.41) is 3.31. The van der Waals surface area contributed by atoms with Crippen LogP contribution >= 0.6 is 0 Å². The van der Waals surface area contributed by atoms with Gasteiger partial charge in [-0.1, -0.05) is 49.6 Å². The van der Waals surface area contributed by atoms with Gasteiger partial charge in [0, 0.05) is 5.92 Å². The lowest BCUT2D eigenvalue weighted by Gasteiger charge is -2.25. The van der Waals surface area contributed by atoms with E-state index in [1.54, 1.807) is 0 Å². The van der Waals surface area contributed by atoms with E-state index < -0.39 is 0 Å². The molecule has 2 nitrogen and oxygen atoms in total. The van der Waals surface area contributed by atoms with Gasteiger partial charge in [-0.05, 0) is 31.2 Å². The number of amides is 1. The highest BCUT2D eigenvalue weighted by Crippen LogP contribution is 2.45. The lowest BCUT2D eigenvalue weighted by atomic mass is 9.88. The van der Waals surface area contributed by atoms with Crippen molar-refractivity contribution in [3.63, 3.8) is 0 Å². The Hall–Kier alpha value is -1.31. The molecular weight excluding hydrogens is 222 g/mol. The van der Waals surface area contributed by atoms with Crippen molar-refractivity contribution in [1.29, 1.82) is 0 Å². The zero-order valence-electron chi connectivity index (χ0n) is 10.8. The summed E-state index contributed by atoms with van der Waals surface area (Å²) in [7, 11) is 0. The summed E-state index contributed by atoms with van der Waals surface area (Å²) in [4.78, 5) is 12.3. The van der Waals surface area contributed by atoms with Crippen LogP contribution in [0.2, 0.25) is 0 Å². The number of benzene rings is 1. The maximum atomic E-state index is 12.3. The van der Waals surface area contributed by atoms with Crippen LogP contribution in [0.25, 0.3) is 0 Å². The fraction of sp³-hybridized carbons (Fsp3) is 0.562. The molecule has 2 heteroatoms. The van der Waals surface area contributed by atoms with E-state index in [1.165, 1.54) is 24.8 Å². The first kappa shape index (κ1) is 11.8. The molecular formula is C16H21NO. The molecule has 1 N–H and O–H groups in total. The molecule has 0 radical (unpaired) electrons. The number of hydrogen-bond acceptors (Lipinski definition) is 1. The Labute approximate surface area is 109 Å². The van der Waals surface area contributed by atoms with Gasteiger partial charge in [-0.25, -0.2) is 0 Å². The van der Waals surface area contributed by atoms with Gasteiger partial charge in [0.25, 0.3) is 0 Å². The Morgan fingerprint density at radius 1 is 1.06 bits per heavy atom. The van der Waals surface area contributed by atoms with Crippen molar-refractivity contribution in [1.82, 2.24) is 5.32 Å². The second-order valence-electron chi connectivity index (χ2n) is 5.77. The monoisotopic (exact) mass is 243 g/mol. The van der Waals surface area contributed by atoms with Crippen LogP contribution in [0.3, 0.4) is 0 Å². The summed E-state index contributed by atoms with van der Waals surface area (Å²) >= 11 is 0. The minimum atomic E-state index is -0.0320. The highest BCUT2D eigenvalue weighted by Gasteiger charge is 2.46. The Kier molecular flexibility index (Phi) is 3.11. The smallest absolute Gasteiger partial charge is 0.223 e. The zero-order chi connectivity index (χ0) is 12.4. The van der Waals surface area contributed by atoms with E-state index in [1.807, 2.05) is 6.07 Å². The first-order chi connectivity index (χ1) is 8.80. The van der Waals surface area contributed by atoms with Crippen LogP contribution in [-0.4, -0.2) is 5.91 Å². The topological polar surface area (TPSA) is 29.1 Å². The van der Waals surface area contributed by atoms with Crippen LogP contribution < -0.4 is 5.32 Å². The Morgan fingerprint density at radius 3 is 2.33 bits per heavy atom. The average Bonchev–Trinajstić information content (AvgIpc) is 3.22. The SMILES string of the molecule is O=C(NC1(c2ccccc2)CC1)C1CCCCC1. The molecule has 96 valence electrons. The molecule has 1 aromatic carbocycles. The number of rotatable bonds is 3. The Morgan fingerprint density at radius 2 is 1.72 bits per heavy atom. The standard InChI is InChI=1S/C16H21NO/c18-15(13-7-3-1-4-8-13)17-16(11-12-16)14-9-5-2-6-10-14/h2,5-6,9-10,13H,1,3-4,7-8,11-12H2,(H,17,18). The molecule has 0 spiro atoms. The highest BCUT2D eigenvalue weighted by molar-refractivity contribution is 5.80. The molecule has 2 aliphatic carbocycles. The maximum Gasteiger partial charge on any atom is 0.223 e.